The van der Waals surface area contributed by atoms with Gasteiger partial charge in [0.1, 0.15) is 11.2 Å². The van der Waals surface area contributed by atoms with Crippen LogP contribution in [0, 0.1) is 0 Å². The van der Waals surface area contributed by atoms with E-state index in [4.69, 9.17) is 19.4 Å². The van der Waals surface area contributed by atoms with Crippen LogP contribution < -0.4 is 0 Å². The lowest BCUT2D eigenvalue weighted by Gasteiger charge is -2.21. The van der Waals surface area contributed by atoms with Crippen molar-refractivity contribution in [3.63, 3.8) is 0 Å². The average molecular weight is 668 g/mol. The number of rotatable bonds is 5. The van der Waals surface area contributed by atoms with Crippen LogP contribution in [0.2, 0.25) is 0 Å². The molecule has 246 valence electrons. The average Bonchev–Trinajstić information content (AvgIpc) is 3.70. The van der Waals surface area contributed by atoms with Gasteiger partial charge in [-0.1, -0.05) is 166 Å². The van der Waals surface area contributed by atoms with Gasteiger partial charge in [-0.2, -0.15) is 0 Å². The van der Waals surface area contributed by atoms with E-state index in [0.717, 1.165) is 44.4 Å². The lowest BCUT2D eigenvalue weighted by atomic mass is 9.82. The highest BCUT2D eigenvalue weighted by atomic mass is 16.3. The first-order valence-electron chi connectivity index (χ1n) is 17.7. The van der Waals surface area contributed by atoms with E-state index in [1.54, 1.807) is 0 Å². The molecule has 2 aromatic heterocycles. The maximum Gasteiger partial charge on any atom is 0.164 e. The van der Waals surface area contributed by atoms with Gasteiger partial charge in [0.2, 0.25) is 0 Å². The predicted molar refractivity (Wildman–Crippen MR) is 212 cm³/mol. The zero-order valence-corrected chi connectivity index (χ0v) is 28.8. The normalized spacial score (nSPS) is 13.0. The van der Waals surface area contributed by atoms with E-state index < -0.39 is 0 Å². The highest BCUT2D eigenvalue weighted by Crippen LogP contribution is 2.53. The molecular formula is C48H33N3O. The first-order chi connectivity index (χ1) is 25.5. The van der Waals surface area contributed by atoms with Gasteiger partial charge in [0.25, 0.3) is 0 Å². The van der Waals surface area contributed by atoms with Crippen LogP contribution in [0.5, 0.6) is 0 Å². The lowest BCUT2D eigenvalue weighted by molar-refractivity contribution is 0.653. The lowest BCUT2D eigenvalue weighted by Crippen LogP contribution is -2.14. The van der Waals surface area contributed by atoms with Crippen molar-refractivity contribution in [2.45, 2.75) is 19.3 Å². The first-order valence-corrected chi connectivity index (χ1v) is 17.7. The molecule has 0 atom stereocenters. The fourth-order valence-corrected chi connectivity index (χ4v) is 7.80. The minimum atomic E-state index is -0.111. The van der Waals surface area contributed by atoms with Crippen LogP contribution in [-0.2, 0) is 5.41 Å². The second-order valence-corrected chi connectivity index (χ2v) is 14.0. The number of hydrogen-bond acceptors (Lipinski definition) is 4. The van der Waals surface area contributed by atoms with E-state index >= 15 is 0 Å². The molecule has 1 aliphatic rings. The van der Waals surface area contributed by atoms with Crippen molar-refractivity contribution in [2.75, 3.05) is 0 Å². The number of nitrogens with zero attached hydrogens (tertiary/aromatic N) is 3. The number of fused-ring (bicyclic) bond motifs is 7. The van der Waals surface area contributed by atoms with Crippen molar-refractivity contribution in [3.05, 3.63) is 175 Å². The summed E-state index contributed by atoms with van der Waals surface area (Å²) in [6, 6.07) is 57.2. The van der Waals surface area contributed by atoms with Crippen LogP contribution >= 0.6 is 0 Å². The summed E-state index contributed by atoms with van der Waals surface area (Å²) in [5.74, 6) is 1.96. The van der Waals surface area contributed by atoms with Gasteiger partial charge in [0, 0.05) is 38.4 Å². The Bertz CT molecular complexity index is 2720. The number of aromatic nitrogens is 3. The molecule has 52 heavy (non-hydrogen) atoms. The summed E-state index contributed by atoms with van der Waals surface area (Å²) < 4.78 is 6.53. The van der Waals surface area contributed by atoms with E-state index in [2.05, 4.69) is 111 Å². The van der Waals surface area contributed by atoms with Gasteiger partial charge in [-0.25, -0.2) is 15.0 Å². The number of hydrogen-bond donors (Lipinski definition) is 0. The smallest absolute Gasteiger partial charge is 0.164 e. The van der Waals surface area contributed by atoms with E-state index in [1.807, 2.05) is 66.7 Å². The third-order valence-electron chi connectivity index (χ3n) is 10.6. The van der Waals surface area contributed by atoms with Crippen molar-refractivity contribution in [3.8, 4) is 67.5 Å². The largest absolute Gasteiger partial charge is 0.455 e. The molecule has 10 rings (SSSR count). The van der Waals surface area contributed by atoms with Crippen LogP contribution in [-0.4, -0.2) is 15.0 Å². The molecule has 1 aliphatic carbocycles. The molecule has 0 spiro atoms. The van der Waals surface area contributed by atoms with Crippen molar-refractivity contribution >= 4 is 21.9 Å². The third-order valence-corrected chi connectivity index (χ3v) is 10.6. The van der Waals surface area contributed by atoms with Gasteiger partial charge in [0.05, 0.1) is 0 Å². The molecule has 0 radical (unpaired) electrons. The molecule has 9 aromatic rings. The van der Waals surface area contributed by atoms with Gasteiger partial charge in [-0.15, -0.1) is 0 Å². The summed E-state index contributed by atoms with van der Waals surface area (Å²) in [6.07, 6.45) is 0. The summed E-state index contributed by atoms with van der Waals surface area (Å²) >= 11 is 0. The molecule has 0 saturated carbocycles. The first kappa shape index (κ1) is 30.2. The van der Waals surface area contributed by atoms with Gasteiger partial charge in [0.15, 0.2) is 17.5 Å². The Morgan fingerprint density at radius 3 is 1.46 bits per heavy atom. The standard InChI is InChI=1S/C48H33N3O/c1-48(2)40-27-25-36(29-39(40)43-41(48)28-26-38-37-15-9-10-16-42(37)52-44(38)43)32-19-17-30(18-20-32)31-21-23-35(24-22-31)47-50-45(33-11-5-3-6-12-33)49-46(51-47)34-13-7-4-8-14-34/h3-29H,1-2H3. The Labute approximate surface area is 302 Å². The van der Waals surface area contributed by atoms with Crippen molar-refractivity contribution < 1.29 is 4.42 Å². The molecule has 2 heterocycles. The zero-order chi connectivity index (χ0) is 34.8. The number of para-hydroxylation sites is 1. The molecule has 0 unspecified atom stereocenters. The van der Waals surface area contributed by atoms with E-state index in [9.17, 15) is 0 Å². The van der Waals surface area contributed by atoms with Crippen LogP contribution in [0.3, 0.4) is 0 Å². The second-order valence-electron chi connectivity index (χ2n) is 14.0. The summed E-state index contributed by atoms with van der Waals surface area (Å²) in [6.45, 7) is 4.63. The topological polar surface area (TPSA) is 51.8 Å². The molecule has 0 N–H and O–H groups in total. The Morgan fingerprint density at radius 2 is 0.865 bits per heavy atom. The van der Waals surface area contributed by atoms with Crippen molar-refractivity contribution in [1.82, 2.24) is 15.0 Å². The SMILES string of the molecule is CC1(C)c2ccc(-c3ccc(-c4ccc(-c5nc(-c6ccccc6)nc(-c6ccccc6)n5)cc4)cc3)cc2-c2c1ccc1c2oc2ccccc21. The fourth-order valence-electron chi connectivity index (χ4n) is 7.80. The van der Waals surface area contributed by atoms with Crippen LogP contribution in [0.25, 0.3) is 89.5 Å². The Balaban J connectivity index is 0.977. The second kappa shape index (κ2) is 11.7. The summed E-state index contributed by atoms with van der Waals surface area (Å²) in [7, 11) is 0. The summed E-state index contributed by atoms with van der Waals surface area (Å²) in [4.78, 5) is 14.6. The third kappa shape index (κ3) is 4.87. The fraction of sp³-hybridized carbons (Fsp3) is 0.0625. The van der Waals surface area contributed by atoms with Gasteiger partial charge < -0.3 is 4.42 Å². The van der Waals surface area contributed by atoms with E-state index in [-0.39, 0.29) is 5.41 Å². The van der Waals surface area contributed by atoms with Crippen molar-refractivity contribution in [2.24, 2.45) is 0 Å². The Hall–Kier alpha value is -6.65. The maximum absolute atomic E-state index is 6.53. The van der Waals surface area contributed by atoms with Gasteiger partial charge in [-0.05, 0) is 51.1 Å². The van der Waals surface area contributed by atoms with Crippen LogP contribution in [0.4, 0.5) is 0 Å². The monoisotopic (exact) mass is 667 g/mol. The molecule has 0 bridgehead atoms. The summed E-state index contributed by atoms with van der Waals surface area (Å²) in [5.41, 5.74) is 14.4. The highest BCUT2D eigenvalue weighted by molar-refractivity contribution is 6.12. The maximum atomic E-state index is 6.53. The zero-order valence-electron chi connectivity index (χ0n) is 28.8. The molecule has 0 saturated heterocycles. The van der Waals surface area contributed by atoms with Crippen molar-refractivity contribution in [1.29, 1.82) is 0 Å². The van der Waals surface area contributed by atoms with Crippen LogP contribution in [0.1, 0.15) is 25.0 Å². The highest BCUT2D eigenvalue weighted by Gasteiger charge is 2.37. The van der Waals surface area contributed by atoms with E-state index in [0.29, 0.717) is 17.5 Å². The molecule has 0 amide bonds. The minimum Gasteiger partial charge on any atom is -0.455 e. The van der Waals surface area contributed by atoms with E-state index in [1.165, 1.54) is 38.8 Å². The number of furan rings is 1. The Kier molecular flexibility index (Phi) is 6.80. The van der Waals surface area contributed by atoms with Gasteiger partial charge in [-0.3, -0.25) is 0 Å². The molecule has 7 aromatic carbocycles. The van der Waals surface area contributed by atoms with Crippen LogP contribution in [0.15, 0.2) is 168 Å². The molecular weight excluding hydrogens is 635 g/mol. The molecule has 0 fully saturated rings. The minimum absolute atomic E-state index is 0.111. The summed E-state index contributed by atoms with van der Waals surface area (Å²) in [5, 5.41) is 2.33. The predicted octanol–water partition coefficient (Wildman–Crippen LogP) is 12.4. The quantitative estimate of drug-likeness (QED) is 0.183. The molecule has 4 heteroatoms. The molecule has 4 nitrogen and oxygen atoms in total. The molecule has 0 aliphatic heterocycles. The number of benzene rings is 7. The van der Waals surface area contributed by atoms with Gasteiger partial charge >= 0.3 is 0 Å². The Morgan fingerprint density at radius 1 is 0.404 bits per heavy atom.